The minimum Gasteiger partial charge on any atom is -0.389 e. The lowest BCUT2D eigenvalue weighted by Gasteiger charge is -2.21. The third-order valence-corrected chi connectivity index (χ3v) is 4.54. The van der Waals surface area contributed by atoms with Crippen molar-refractivity contribution in [3.8, 4) is 0 Å². The van der Waals surface area contributed by atoms with Gasteiger partial charge in [-0.15, -0.1) is 0 Å². The molecule has 0 aromatic heterocycles. The number of aliphatic hydroxyl groups excluding tert-OH is 1. The molecule has 4 unspecified atom stereocenters. The van der Waals surface area contributed by atoms with Gasteiger partial charge in [0.25, 0.3) is 0 Å². The number of urea groups is 1. The Morgan fingerprint density at radius 2 is 2.21 bits per heavy atom. The molecule has 5 heteroatoms. The van der Waals surface area contributed by atoms with E-state index in [4.69, 9.17) is 4.74 Å². The molecule has 2 amide bonds. The summed E-state index contributed by atoms with van der Waals surface area (Å²) in [7, 11) is 1.53. The van der Waals surface area contributed by atoms with E-state index in [1.54, 1.807) is 0 Å². The van der Waals surface area contributed by atoms with Gasteiger partial charge >= 0.3 is 6.03 Å². The molecule has 2 bridgehead atoms. The number of fused-ring (bicyclic) bond motifs is 2. The first-order valence-corrected chi connectivity index (χ1v) is 7.37. The van der Waals surface area contributed by atoms with Crippen molar-refractivity contribution in [1.82, 2.24) is 10.6 Å². The summed E-state index contributed by atoms with van der Waals surface area (Å²) in [6.07, 6.45) is 6.05. The Kier molecular flexibility index (Phi) is 5.45. The predicted molar refractivity (Wildman–Crippen MR) is 72.8 cm³/mol. The Morgan fingerprint density at radius 3 is 2.84 bits per heavy atom. The molecule has 0 saturated heterocycles. The zero-order chi connectivity index (χ0) is 13.7. The van der Waals surface area contributed by atoms with Crippen LogP contribution >= 0.6 is 0 Å². The van der Waals surface area contributed by atoms with Gasteiger partial charge < -0.3 is 20.5 Å². The van der Waals surface area contributed by atoms with Gasteiger partial charge in [0.05, 0.1) is 12.7 Å². The van der Waals surface area contributed by atoms with Crippen LogP contribution in [-0.4, -0.2) is 44.0 Å². The van der Waals surface area contributed by atoms with E-state index in [1.807, 2.05) is 0 Å². The Balaban J connectivity index is 1.52. The molecule has 2 fully saturated rings. The second kappa shape index (κ2) is 7.10. The molecule has 2 saturated carbocycles. The molecule has 4 atom stereocenters. The number of ether oxygens (including phenoxy) is 1. The molecule has 0 heterocycles. The van der Waals surface area contributed by atoms with E-state index in [1.165, 1.54) is 32.8 Å². The van der Waals surface area contributed by atoms with Crippen LogP contribution < -0.4 is 10.6 Å². The van der Waals surface area contributed by atoms with Gasteiger partial charge in [0.2, 0.25) is 0 Å². The number of aliphatic hydroxyl groups is 1. The predicted octanol–water partition coefficient (Wildman–Crippen LogP) is 1.12. The van der Waals surface area contributed by atoms with Gasteiger partial charge in [-0.1, -0.05) is 6.42 Å². The summed E-state index contributed by atoms with van der Waals surface area (Å²) in [5.74, 6) is 2.70. The number of hydrogen-bond acceptors (Lipinski definition) is 3. The third-order valence-electron chi connectivity index (χ3n) is 4.54. The van der Waals surface area contributed by atoms with Crippen molar-refractivity contribution < 1.29 is 14.6 Å². The van der Waals surface area contributed by atoms with Gasteiger partial charge in [-0.25, -0.2) is 4.79 Å². The highest BCUT2D eigenvalue weighted by atomic mass is 16.5. The largest absolute Gasteiger partial charge is 0.389 e. The highest BCUT2D eigenvalue weighted by Crippen LogP contribution is 2.49. The van der Waals surface area contributed by atoms with E-state index >= 15 is 0 Å². The third kappa shape index (κ3) is 4.35. The van der Waals surface area contributed by atoms with Crippen LogP contribution in [0.15, 0.2) is 0 Å². The maximum absolute atomic E-state index is 11.5. The van der Waals surface area contributed by atoms with E-state index in [9.17, 15) is 9.90 Å². The van der Waals surface area contributed by atoms with Crippen LogP contribution in [0.25, 0.3) is 0 Å². The first-order chi connectivity index (χ1) is 9.19. The lowest BCUT2D eigenvalue weighted by atomic mass is 9.86. The molecule has 0 aromatic carbocycles. The van der Waals surface area contributed by atoms with E-state index in [0.29, 0.717) is 0 Å². The van der Waals surface area contributed by atoms with Crippen molar-refractivity contribution in [1.29, 1.82) is 0 Å². The van der Waals surface area contributed by atoms with Gasteiger partial charge in [-0.05, 0) is 43.4 Å². The molecule has 19 heavy (non-hydrogen) atoms. The molecule has 0 aromatic rings. The van der Waals surface area contributed by atoms with Crippen LogP contribution in [0, 0.1) is 17.8 Å². The minimum atomic E-state index is -0.638. The zero-order valence-corrected chi connectivity index (χ0v) is 11.7. The number of rotatable bonds is 7. The van der Waals surface area contributed by atoms with Crippen molar-refractivity contribution in [2.45, 2.75) is 38.2 Å². The summed E-state index contributed by atoms with van der Waals surface area (Å²) in [4.78, 5) is 11.5. The minimum absolute atomic E-state index is 0.196. The van der Waals surface area contributed by atoms with E-state index < -0.39 is 6.10 Å². The summed E-state index contributed by atoms with van der Waals surface area (Å²) >= 11 is 0. The topological polar surface area (TPSA) is 70.6 Å². The molecular weight excluding hydrogens is 244 g/mol. The van der Waals surface area contributed by atoms with E-state index in [2.05, 4.69) is 10.6 Å². The Hall–Kier alpha value is -0.810. The highest BCUT2D eigenvalue weighted by molar-refractivity contribution is 5.73. The molecule has 5 nitrogen and oxygen atoms in total. The van der Waals surface area contributed by atoms with Crippen molar-refractivity contribution in [3.63, 3.8) is 0 Å². The maximum atomic E-state index is 11.5. The van der Waals surface area contributed by atoms with Crippen LogP contribution in [0.1, 0.15) is 32.1 Å². The summed E-state index contributed by atoms with van der Waals surface area (Å²) in [6, 6.07) is -0.196. The number of carbonyl (C=O) groups excluding carboxylic acids is 1. The summed E-state index contributed by atoms with van der Waals surface area (Å²) < 4.78 is 4.79. The van der Waals surface area contributed by atoms with Gasteiger partial charge in [0.15, 0.2) is 0 Å². The van der Waals surface area contributed by atoms with Gasteiger partial charge in [-0.2, -0.15) is 0 Å². The average molecular weight is 270 g/mol. The number of hydrogen-bond donors (Lipinski definition) is 3. The molecule has 2 rings (SSSR count). The monoisotopic (exact) mass is 270 g/mol. The van der Waals surface area contributed by atoms with E-state index in [0.717, 1.165) is 30.7 Å². The molecular formula is C14H26N2O3. The van der Waals surface area contributed by atoms with Crippen molar-refractivity contribution in [3.05, 3.63) is 0 Å². The van der Waals surface area contributed by atoms with E-state index in [-0.39, 0.29) is 19.2 Å². The van der Waals surface area contributed by atoms with Crippen molar-refractivity contribution in [2.75, 3.05) is 26.8 Å². The first-order valence-electron chi connectivity index (χ1n) is 7.37. The first kappa shape index (κ1) is 14.6. The number of methoxy groups -OCH3 is 1. The second-order valence-electron chi connectivity index (χ2n) is 5.97. The maximum Gasteiger partial charge on any atom is 0.314 e. The molecule has 2 aliphatic carbocycles. The van der Waals surface area contributed by atoms with Crippen LogP contribution in [-0.2, 0) is 4.74 Å². The standard InChI is InChI=1S/C14H26N2O3/c1-19-9-13(17)8-16-14(18)15-5-4-12-7-10-2-3-11(12)6-10/h10-13,17H,2-9H2,1H3,(H2,15,16,18). The smallest absolute Gasteiger partial charge is 0.314 e. The average Bonchev–Trinajstić information content (AvgIpc) is 2.99. The van der Waals surface area contributed by atoms with Crippen molar-refractivity contribution >= 4 is 6.03 Å². The van der Waals surface area contributed by atoms with Crippen LogP contribution in [0.2, 0.25) is 0 Å². The number of nitrogens with one attached hydrogen (secondary N) is 2. The molecule has 0 radical (unpaired) electrons. The zero-order valence-electron chi connectivity index (χ0n) is 11.7. The number of carbonyl (C=O) groups is 1. The number of amides is 2. The summed E-state index contributed by atoms with van der Waals surface area (Å²) in [5.41, 5.74) is 0. The normalized spacial score (nSPS) is 30.3. The summed E-state index contributed by atoms with van der Waals surface area (Å²) in [6.45, 7) is 1.21. The fraction of sp³-hybridized carbons (Fsp3) is 0.929. The quantitative estimate of drug-likeness (QED) is 0.649. The Morgan fingerprint density at radius 1 is 1.37 bits per heavy atom. The lowest BCUT2D eigenvalue weighted by Crippen LogP contribution is -2.41. The van der Waals surface area contributed by atoms with Crippen LogP contribution in [0.4, 0.5) is 4.79 Å². The fourth-order valence-corrected chi connectivity index (χ4v) is 3.63. The van der Waals surface area contributed by atoms with Gasteiger partial charge in [0, 0.05) is 20.2 Å². The lowest BCUT2D eigenvalue weighted by molar-refractivity contribution is 0.0659. The fourth-order valence-electron chi connectivity index (χ4n) is 3.63. The molecule has 0 aliphatic heterocycles. The molecule has 0 spiro atoms. The highest BCUT2D eigenvalue weighted by Gasteiger charge is 2.38. The van der Waals surface area contributed by atoms with Crippen LogP contribution in [0.5, 0.6) is 0 Å². The Bertz CT molecular complexity index is 298. The molecule has 3 N–H and O–H groups in total. The summed E-state index contributed by atoms with van der Waals surface area (Å²) in [5, 5.41) is 14.9. The van der Waals surface area contributed by atoms with Crippen molar-refractivity contribution in [2.24, 2.45) is 17.8 Å². The van der Waals surface area contributed by atoms with Gasteiger partial charge in [0.1, 0.15) is 0 Å². The molecule has 110 valence electrons. The van der Waals surface area contributed by atoms with Gasteiger partial charge in [-0.3, -0.25) is 0 Å². The Labute approximate surface area is 115 Å². The molecule has 2 aliphatic rings. The SMILES string of the molecule is COCC(O)CNC(=O)NCCC1CC2CCC1C2. The van der Waals surface area contributed by atoms with Crippen LogP contribution in [0.3, 0.4) is 0 Å². The second-order valence-corrected chi connectivity index (χ2v) is 5.97.